The summed E-state index contributed by atoms with van der Waals surface area (Å²) >= 11 is 0. The first-order valence-corrected chi connectivity index (χ1v) is 9.73. The van der Waals surface area contributed by atoms with Crippen LogP contribution in [0, 0.1) is 0 Å². The summed E-state index contributed by atoms with van der Waals surface area (Å²) in [5.41, 5.74) is 2.81. The number of hydrogen-bond acceptors (Lipinski definition) is 4. The maximum Gasteiger partial charge on any atom is 0.134 e. The predicted molar refractivity (Wildman–Crippen MR) is 103 cm³/mol. The van der Waals surface area contributed by atoms with Crippen molar-refractivity contribution in [1.82, 2.24) is 14.7 Å². The second-order valence-electron chi connectivity index (χ2n) is 8.01. The van der Waals surface area contributed by atoms with Crippen LogP contribution in [0.4, 0.5) is 0 Å². The van der Waals surface area contributed by atoms with Crippen molar-refractivity contribution in [3.8, 4) is 0 Å². The molecule has 0 bridgehead atoms. The van der Waals surface area contributed by atoms with E-state index >= 15 is 0 Å². The summed E-state index contributed by atoms with van der Waals surface area (Å²) in [7, 11) is 4.58. The number of piperidine rings is 1. The van der Waals surface area contributed by atoms with Gasteiger partial charge in [0.25, 0.3) is 0 Å². The van der Waals surface area contributed by atoms with Crippen molar-refractivity contribution in [2.45, 2.75) is 38.3 Å². The van der Waals surface area contributed by atoms with E-state index in [1.165, 1.54) is 50.0 Å². The number of likely N-dealkylation sites (N-methyl/N-ethyl adjacent to an activating group) is 1. The minimum Gasteiger partial charge on any atom is -0.461 e. The molecule has 0 N–H and O–H groups in total. The number of furan rings is 1. The molecule has 0 amide bonds. The molecule has 0 radical (unpaired) electrons. The highest BCUT2D eigenvalue weighted by Crippen LogP contribution is 2.33. The number of hydrogen-bond donors (Lipinski definition) is 0. The second kappa shape index (κ2) is 6.75. The zero-order valence-corrected chi connectivity index (χ0v) is 15.9. The van der Waals surface area contributed by atoms with Gasteiger partial charge in [0.05, 0.1) is 0 Å². The van der Waals surface area contributed by atoms with Gasteiger partial charge in [-0.05, 0) is 46.1 Å². The predicted octanol–water partition coefficient (Wildman–Crippen LogP) is 3.21. The Morgan fingerprint density at radius 1 is 1.04 bits per heavy atom. The Balaban J connectivity index is 1.57. The van der Waals surface area contributed by atoms with Crippen LogP contribution in [-0.4, -0.2) is 67.1 Å². The van der Waals surface area contributed by atoms with Crippen molar-refractivity contribution in [3.05, 3.63) is 35.6 Å². The van der Waals surface area contributed by atoms with Gasteiger partial charge in [0, 0.05) is 49.1 Å². The van der Waals surface area contributed by atoms with Crippen LogP contribution < -0.4 is 0 Å². The number of fused-ring (bicyclic) bond motifs is 1. The van der Waals surface area contributed by atoms with Gasteiger partial charge in [-0.25, -0.2) is 0 Å². The molecule has 2 fully saturated rings. The lowest BCUT2D eigenvalue weighted by atomic mass is 9.83. The van der Waals surface area contributed by atoms with Gasteiger partial charge < -0.3 is 9.32 Å². The van der Waals surface area contributed by atoms with E-state index in [9.17, 15) is 0 Å². The van der Waals surface area contributed by atoms with E-state index in [4.69, 9.17) is 4.42 Å². The van der Waals surface area contributed by atoms with E-state index in [1.54, 1.807) is 0 Å². The van der Waals surface area contributed by atoms with Gasteiger partial charge in [0.2, 0.25) is 0 Å². The number of rotatable bonds is 3. The molecule has 2 aromatic rings. The van der Waals surface area contributed by atoms with Crippen LogP contribution in [0.5, 0.6) is 0 Å². The summed E-state index contributed by atoms with van der Waals surface area (Å²) in [6.45, 7) is 9.15. The average Bonchev–Trinajstić information content (AvgIpc) is 2.98. The summed E-state index contributed by atoms with van der Waals surface area (Å²) in [6.07, 6.45) is 3.53. The van der Waals surface area contributed by atoms with E-state index in [0.717, 1.165) is 30.9 Å². The molecular weight excluding hydrogens is 310 g/mol. The van der Waals surface area contributed by atoms with Crippen molar-refractivity contribution in [3.63, 3.8) is 0 Å². The monoisotopic (exact) mass is 341 g/mol. The number of piperazine rings is 1. The lowest BCUT2D eigenvalue weighted by Gasteiger charge is -2.52. The maximum atomic E-state index is 6.12. The Hall–Kier alpha value is -1.36. The zero-order valence-electron chi connectivity index (χ0n) is 15.9. The van der Waals surface area contributed by atoms with Crippen LogP contribution >= 0.6 is 0 Å². The van der Waals surface area contributed by atoms with Gasteiger partial charge in [-0.1, -0.05) is 25.1 Å². The lowest BCUT2D eigenvalue weighted by molar-refractivity contribution is -0.0258. The van der Waals surface area contributed by atoms with Crippen molar-refractivity contribution in [2.24, 2.45) is 0 Å². The lowest BCUT2D eigenvalue weighted by Crippen LogP contribution is -2.63. The molecule has 0 aliphatic carbocycles. The average molecular weight is 341 g/mol. The highest BCUT2D eigenvalue weighted by molar-refractivity contribution is 5.82. The minimum absolute atomic E-state index is 0.358. The Bertz CT molecular complexity index is 730. The first kappa shape index (κ1) is 17.1. The number of nitrogens with zero attached hydrogens (tertiary/aromatic N) is 3. The topological polar surface area (TPSA) is 22.9 Å². The second-order valence-corrected chi connectivity index (χ2v) is 8.01. The largest absolute Gasteiger partial charge is 0.461 e. The van der Waals surface area contributed by atoms with E-state index in [0.29, 0.717) is 5.54 Å². The van der Waals surface area contributed by atoms with E-state index in [-0.39, 0.29) is 0 Å². The number of benzene rings is 1. The molecule has 2 aliphatic heterocycles. The molecule has 1 spiro atoms. The normalized spacial score (nSPS) is 22.8. The molecule has 0 atom stereocenters. The van der Waals surface area contributed by atoms with E-state index in [1.807, 2.05) is 0 Å². The summed E-state index contributed by atoms with van der Waals surface area (Å²) in [5.74, 6) is 1.16. The SMILES string of the molecule is CCc1oc2ccccc2c1CN1CCN(C)C2(CCN(C)CC2)C1. The van der Waals surface area contributed by atoms with Crippen molar-refractivity contribution >= 4 is 11.0 Å². The molecule has 3 heterocycles. The Morgan fingerprint density at radius 3 is 2.56 bits per heavy atom. The fourth-order valence-corrected chi connectivity index (χ4v) is 4.69. The maximum absolute atomic E-state index is 6.12. The van der Waals surface area contributed by atoms with Crippen molar-refractivity contribution in [2.75, 3.05) is 46.8 Å². The van der Waals surface area contributed by atoms with Crippen LogP contribution in [0.1, 0.15) is 31.1 Å². The van der Waals surface area contributed by atoms with Gasteiger partial charge in [-0.2, -0.15) is 0 Å². The third kappa shape index (κ3) is 3.12. The Labute approximate surface area is 151 Å². The van der Waals surface area contributed by atoms with Crippen LogP contribution in [0.2, 0.25) is 0 Å². The third-order valence-electron chi connectivity index (χ3n) is 6.48. The van der Waals surface area contributed by atoms with Crippen LogP contribution in [0.3, 0.4) is 0 Å². The first-order valence-electron chi connectivity index (χ1n) is 9.73. The van der Waals surface area contributed by atoms with Gasteiger partial charge in [-0.15, -0.1) is 0 Å². The van der Waals surface area contributed by atoms with Crippen LogP contribution in [0.25, 0.3) is 11.0 Å². The molecular formula is C21H31N3O. The van der Waals surface area contributed by atoms with E-state index < -0.39 is 0 Å². The molecule has 0 unspecified atom stereocenters. The smallest absolute Gasteiger partial charge is 0.134 e. The van der Waals surface area contributed by atoms with Gasteiger partial charge in [-0.3, -0.25) is 9.80 Å². The molecule has 4 nitrogen and oxygen atoms in total. The molecule has 25 heavy (non-hydrogen) atoms. The van der Waals surface area contributed by atoms with Gasteiger partial charge in [0.1, 0.15) is 11.3 Å². The van der Waals surface area contributed by atoms with Crippen LogP contribution in [-0.2, 0) is 13.0 Å². The number of aryl methyl sites for hydroxylation is 1. The molecule has 1 aromatic carbocycles. The summed E-state index contributed by atoms with van der Waals surface area (Å²) in [5, 5.41) is 1.30. The van der Waals surface area contributed by atoms with E-state index in [2.05, 4.69) is 60.0 Å². The minimum atomic E-state index is 0.358. The molecule has 136 valence electrons. The van der Waals surface area contributed by atoms with Gasteiger partial charge >= 0.3 is 0 Å². The number of para-hydroxylation sites is 1. The van der Waals surface area contributed by atoms with Crippen molar-refractivity contribution < 1.29 is 4.42 Å². The highest BCUT2D eigenvalue weighted by Gasteiger charge is 2.41. The molecule has 4 heteroatoms. The Morgan fingerprint density at radius 2 is 1.80 bits per heavy atom. The standard InChI is InChI=1S/C21H31N3O/c1-4-19-18(17-7-5-6-8-20(17)25-19)15-24-14-13-23(3)21(16-24)9-11-22(2)12-10-21/h5-8H,4,9-16H2,1-3H3. The summed E-state index contributed by atoms with van der Waals surface area (Å²) < 4.78 is 6.12. The molecule has 2 saturated heterocycles. The fraction of sp³-hybridized carbons (Fsp3) is 0.619. The molecule has 4 rings (SSSR count). The molecule has 0 saturated carbocycles. The Kier molecular flexibility index (Phi) is 4.61. The van der Waals surface area contributed by atoms with Gasteiger partial charge in [0.15, 0.2) is 0 Å². The molecule has 2 aliphatic rings. The zero-order chi connectivity index (χ0) is 17.4. The fourth-order valence-electron chi connectivity index (χ4n) is 4.69. The van der Waals surface area contributed by atoms with Crippen LogP contribution in [0.15, 0.2) is 28.7 Å². The van der Waals surface area contributed by atoms with Crippen molar-refractivity contribution in [1.29, 1.82) is 0 Å². The summed E-state index contributed by atoms with van der Waals surface area (Å²) in [4.78, 5) is 7.77. The third-order valence-corrected chi connectivity index (χ3v) is 6.48. The summed E-state index contributed by atoms with van der Waals surface area (Å²) in [6, 6.07) is 8.51. The number of likely N-dealkylation sites (tertiary alicyclic amines) is 1. The molecule has 1 aromatic heterocycles. The highest BCUT2D eigenvalue weighted by atomic mass is 16.3. The first-order chi connectivity index (χ1) is 12.1. The quantitative estimate of drug-likeness (QED) is 0.855.